The van der Waals surface area contributed by atoms with Crippen LogP contribution in [0.1, 0.15) is 24.2 Å². The molecular formula is C16H17BrN2O4S. The molecule has 0 aliphatic heterocycles. The van der Waals surface area contributed by atoms with E-state index < -0.39 is 10.0 Å². The SMILES string of the molecule is CC(C)Oc1ccc(Br)cc1C(=O)Nc1ccc(S(N)(=O)=O)cc1. The number of hydrogen-bond donors (Lipinski definition) is 2. The number of sulfonamides is 1. The van der Waals surface area contributed by atoms with Crippen molar-refractivity contribution in [2.75, 3.05) is 5.32 Å². The fourth-order valence-electron chi connectivity index (χ4n) is 1.96. The average molecular weight is 413 g/mol. The molecular weight excluding hydrogens is 396 g/mol. The predicted octanol–water partition coefficient (Wildman–Crippen LogP) is 3.14. The number of nitrogens with one attached hydrogen (secondary N) is 1. The molecule has 0 aromatic heterocycles. The molecule has 3 N–H and O–H groups in total. The van der Waals surface area contributed by atoms with Crippen LogP contribution in [-0.2, 0) is 10.0 Å². The summed E-state index contributed by atoms with van der Waals surface area (Å²) in [5.74, 6) is 0.0992. The van der Waals surface area contributed by atoms with Crippen LogP contribution in [0.25, 0.3) is 0 Å². The third kappa shape index (κ3) is 4.80. The van der Waals surface area contributed by atoms with E-state index in [-0.39, 0.29) is 16.9 Å². The van der Waals surface area contributed by atoms with Crippen molar-refractivity contribution in [3.05, 3.63) is 52.5 Å². The lowest BCUT2D eigenvalue weighted by Gasteiger charge is -2.14. The third-order valence-electron chi connectivity index (χ3n) is 2.99. The highest BCUT2D eigenvalue weighted by Gasteiger charge is 2.15. The lowest BCUT2D eigenvalue weighted by atomic mass is 10.1. The normalized spacial score (nSPS) is 11.4. The standard InChI is InChI=1S/C16H17BrN2O4S/c1-10(2)23-15-8-3-11(17)9-14(15)16(20)19-12-4-6-13(7-5-12)24(18,21)22/h3-10H,1-2H3,(H,19,20)(H2,18,21,22). The largest absolute Gasteiger partial charge is 0.490 e. The molecule has 1 amide bonds. The van der Waals surface area contributed by atoms with Gasteiger partial charge in [0.15, 0.2) is 0 Å². The van der Waals surface area contributed by atoms with Crippen molar-refractivity contribution < 1.29 is 17.9 Å². The lowest BCUT2D eigenvalue weighted by molar-refractivity contribution is 0.102. The number of nitrogens with two attached hydrogens (primary N) is 1. The molecule has 2 rings (SSSR count). The molecule has 6 nitrogen and oxygen atoms in total. The summed E-state index contributed by atoms with van der Waals surface area (Å²) in [7, 11) is -3.76. The van der Waals surface area contributed by atoms with Gasteiger partial charge in [0, 0.05) is 10.2 Å². The molecule has 8 heteroatoms. The van der Waals surface area contributed by atoms with Crippen molar-refractivity contribution in [1.29, 1.82) is 0 Å². The van der Waals surface area contributed by atoms with Gasteiger partial charge in [-0.05, 0) is 56.3 Å². The number of ether oxygens (including phenoxy) is 1. The van der Waals surface area contributed by atoms with E-state index in [1.165, 1.54) is 24.3 Å². The Kier molecular flexibility index (Phi) is 5.63. The van der Waals surface area contributed by atoms with Crippen molar-refractivity contribution in [2.45, 2.75) is 24.8 Å². The van der Waals surface area contributed by atoms with Crippen LogP contribution in [0.2, 0.25) is 0 Å². The maximum atomic E-state index is 12.5. The first-order chi connectivity index (χ1) is 11.2. The van der Waals surface area contributed by atoms with Gasteiger partial charge in [-0.25, -0.2) is 13.6 Å². The van der Waals surface area contributed by atoms with Crippen molar-refractivity contribution in [2.24, 2.45) is 5.14 Å². The Morgan fingerprint density at radius 2 is 1.79 bits per heavy atom. The Bertz CT molecular complexity index is 849. The number of carbonyl (C=O) groups excluding carboxylic acids is 1. The summed E-state index contributed by atoms with van der Waals surface area (Å²) in [5.41, 5.74) is 0.816. The summed E-state index contributed by atoms with van der Waals surface area (Å²) in [4.78, 5) is 12.5. The first kappa shape index (κ1) is 18.4. The molecule has 0 saturated carbocycles. The number of benzene rings is 2. The number of primary sulfonamides is 1. The van der Waals surface area contributed by atoms with Crippen LogP contribution in [0.4, 0.5) is 5.69 Å². The molecule has 0 saturated heterocycles. The van der Waals surface area contributed by atoms with Crippen molar-refractivity contribution in [1.82, 2.24) is 0 Å². The topological polar surface area (TPSA) is 98.5 Å². The van der Waals surface area contributed by atoms with Crippen LogP contribution in [0.15, 0.2) is 51.8 Å². The van der Waals surface area contributed by atoms with E-state index in [0.717, 1.165) is 4.47 Å². The summed E-state index contributed by atoms with van der Waals surface area (Å²) in [5, 5.41) is 7.75. The Morgan fingerprint density at radius 1 is 1.17 bits per heavy atom. The summed E-state index contributed by atoms with van der Waals surface area (Å²) in [6, 6.07) is 10.8. The van der Waals surface area contributed by atoms with E-state index in [9.17, 15) is 13.2 Å². The molecule has 24 heavy (non-hydrogen) atoms. The molecule has 0 spiro atoms. The molecule has 0 aliphatic carbocycles. The van der Waals surface area contributed by atoms with E-state index in [1.54, 1.807) is 18.2 Å². The molecule has 0 heterocycles. The van der Waals surface area contributed by atoms with Crippen LogP contribution in [0.3, 0.4) is 0 Å². The number of anilines is 1. The van der Waals surface area contributed by atoms with E-state index in [2.05, 4.69) is 21.2 Å². The van der Waals surface area contributed by atoms with E-state index in [0.29, 0.717) is 17.0 Å². The zero-order valence-electron chi connectivity index (χ0n) is 13.1. The number of hydrogen-bond acceptors (Lipinski definition) is 4. The lowest BCUT2D eigenvalue weighted by Crippen LogP contribution is -2.16. The first-order valence-electron chi connectivity index (χ1n) is 7.07. The van der Waals surface area contributed by atoms with Crippen molar-refractivity contribution >= 4 is 37.5 Å². The van der Waals surface area contributed by atoms with Gasteiger partial charge in [0.1, 0.15) is 5.75 Å². The van der Waals surface area contributed by atoms with Gasteiger partial charge in [-0.15, -0.1) is 0 Å². The van der Waals surface area contributed by atoms with Gasteiger partial charge in [-0.3, -0.25) is 4.79 Å². The van der Waals surface area contributed by atoms with E-state index in [1.807, 2.05) is 13.8 Å². The predicted molar refractivity (Wildman–Crippen MR) is 95.7 cm³/mol. The van der Waals surface area contributed by atoms with Crippen LogP contribution in [-0.4, -0.2) is 20.4 Å². The molecule has 2 aromatic rings. The Labute approximate surface area is 149 Å². The minimum atomic E-state index is -3.76. The van der Waals surface area contributed by atoms with Gasteiger partial charge in [-0.2, -0.15) is 0 Å². The zero-order chi connectivity index (χ0) is 17.9. The monoisotopic (exact) mass is 412 g/mol. The summed E-state index contributed by atoms with van der Waals surface area (Å²) in [6.07, 6.45) is -0.0771. The fraction of sp³-hybridized carbons (Fsp3) is 0.188. The Balaban J connectivity index is 2.25. The number of amides is 1. The highest BCUT2D eigenvalue weighted by molar-refractivity contribution is 9.10. The van der Waals surface area contributed by atoms with Crippen molar-refractivity contribution in [3.8, 4) is 5.75 Å². The van der Waals surface area contributed by atoms with Gasteiger partial charge in [0.2, 0.25) is 10.0 Å². The van der Waals surface area contributed by atoms with Gasteiger partial charge < -0.3 is 10.1 Å². The highest BCUT2D eigenvalue weighted by atomic mass is 79.9. The highest BCUT2D eigenvalue weighted by Crippen LogP contribution is 2.25. The van der Waals surface area contributed by atoms with Crippen LogP contribution in [0, 0.1) is 0 Å². The number of rotatable bonds is 5. The number of halogens is 1. The summed E-state index contributed by atoms with van der Waals surface area (Å²) >= 11 is 3.33. The molecule has 0 atom stereocenters. The average Bonchev–Trinajstić information content (AvgIpc) is 2.48. The van der Waals surface area contributed by atoms with Crippen LogP contribution < -0.4 is 15.2 Å². The van der Waals surface area contributed by atoms with Gasteiger partial charge in [0.25, 0.3) is 5.91 Å². The van der Waals surface area contributed by atoms with Crippen LogP contribution >= 0.6 is 15.9 Å². The maximum Gasteiger partial charge on any atom is 0.259 e. The van der Waals surface area contributed by atoms with Crippen LogP contribution in [0.5, 0.6) is 5.75 Å². The van der Waals surface area contributed by atoms with Gasteiger partial charge >= 0.3 is 0 Å². The Morgan fingerprint density at radius 3 is 2.33 bits per heavy atom. The fourth-order valence-corrected chi connectivity index (χ4v) is 2.84. The molecule has 128 valence electrons. The van der Waals surface area contributed by atoms with E-state index >= 15 is 0 Å². The number of carbonyl (C=O) groups is 1. The van der Waals surface area contributed by atoms with Gasteiger partial charge in [0.05, 0.1) is 16.6 Å². The third-order valence-corrected chi connectivity index (χ3v) is 4.41. The van der Waals surface area contributed by atoms with E-state index in [4.69, 9.17) is 9.88 Å². The first-order valence-corrected chi connectivity index (χ1v) is 9.41. The Hall–Kier alpha value is -1.90. The molecule has 0 radical (unpaired) electrons. The summed E-state index contributed by atoms with van der Waals surface area (Å²) < 4.78 is 28.9. The quantitative estimate of drug-likeness (QED) is 0.787. The smallest absolute Gasteiger partial charge is 0.259 e. The minimum Gasteiger partial charge on any atom is -0.490 e. The minimum absolute atomic E-state index is 0.0215. The second-order valence-electron chi connectivity index (χ2n) is 5.33. The second-order valence-corrected chi connectivity index (χ2v) is 7.81. The second kappa shape index (κ2) is 7.33. The van der Waals surface area contributed by atoms with Gasteiger partial charge in [-0.1, -0.05) is 15.9 Å². The zero-order valence-corrected chi connectivity index (χ0v) is 15.5. The molecule has 0 bridgehead atoms. The summed E-state index contributed by atoms with van der Waals surface area (Å²) in [6.45, 7) is 3.74. The molecule has 0 unspecified atom stereocenters. The van der Waals surface area contributed by atoms with Crippen molar-refractivity contribution in [3.63, 3.8) is 0 Å². The molecule has 2 aromatic carbocycles. The maximum absolute atomic E-state index is 12.5. The molecule has 0 aliphatic rings. The molecule has 0 fully saturated rings.